The number of rotatable bonds is 5. The number of fused-ring (bicyclic) bond motifs is 3. The average Bonchev–Trinajstić information content (AvgIpc) is 3.42. The van der Waals surface area contributed by atoms with Gasteiger partial charge >= 0.3 is 0 Å². The van der Waals surface area contributed by atoms with Crippen LogP contribution in [0.3, 0.4) is 0 Å². The summed E-state index contributed by atoms with van der Waals surface area (Å²) in [6.07, 6.45) is 8.81. The Balaban J connectivity index is 1.13. The quantitative estimate of drug-likeness (QED) is 0.454. The van der Waals surface area contributed by atoms with E-state index in [1.165, 1.54) is 24.7 Å². The van der Waals surface area contributed by atoms with Crippen molar-refractivity contribution in [3.63, 3.8) is 0 Å². The van der Waals surface area contributed by atoms with Gasteiger partial charge in [0, 0.05) is 29.8 Å². The number of anilines is 1. The summed E-state index contributed by atoms with van der Waals surface area (Å²) >= 11 is 0. The van der Waals surface area contributed by atoms with Crippen LogP contribution in [0, 0.1) is 5.92 Å². The van der Waals surface area contributed by atoms with Crippen molar-refractivity contribution >= 4 is 27.8 Å². The highest BCUT2D eigenvalue weighted by atomic mass is 16.8. The molecule has 1 aliphatic heterocycles. The molecule has 0 amide bonds. The van der Waals surface area contributed by atoms with Crippen molar-refractivity contribution in [3.8, 4) is 5.75 Å². The molecule has 7 rings (SSSR count). The number of pyridine rings is 1. The van der Waals surface area contributed by atoms with Crippen molar-refractivity contribution < 1.29 is 14.2 Å². The summed E-state index contributed by atoms with van der Waals surface area (Å²) in [5.74, 6) is 1.54. The molecule has 0 unspecified atom stereocenters. The molecule has 0 radical (unpaired) electrons. The number of nitrogen functional groups attached to an aromatic ring is 1. The summed E-state index contributed by atoms with van der Waals surface area (Å²) in [4.78, 5) is 13.3. The van der Waals surface area contributed by atoms with Gasteiger partial charge in [-0.3, -0.25) is 4.98 Å². The second kappa shape index (κ2) is 7.63. The van der Waals surface area contributed by atoms with Gasteiger partial charge in [-0.25, -0.2) is 9.97 Å². The van der Waals surface area contributed by atoms with Gasteiger partial charge in [-0.05, 0) is 68.9 Å². The number of ether oxygens (including phenoxy) is 3. The molecule has 35 heavy (non-hydrogen) atoms. The second-order valence-electron chi connectivity index (χ2n) is 10.6. The van der Waals surface area contributed by atoms with Gasteiger partial charge in [0.05, 0.1) is 29.7 Å². The maximum atomic E-state index is 6.38. The number of nitrogens with two attached hydrogens (primary N) is 1. The van der Waals surface area contributed by atoms with Crippen LogP contribution in [0.5, 0.6) is 5.75 Å². The Kier molecular flexibility index (Phi) is 4.60. The molecule has 2 saturated carbocycles. The number of nitrogens with zero attached hydrogens (tertiary/aromatic N) is 4. The van der Waals surface area contributed by atoms with E-state index in [0.717, 1.165) is 34.1 Å². The SMILES string of the molecule is CC1(C)O[C@@H]2[C@@H](COc3ccc4cc(C5CC5)cnc4c3)C[C@@H](n3ccc4c(N)ncnc43)[C@@H]2O1. The Bertz CT molecular complexity index is 1430. The van der Waals surface area contributed by atoms with Crippen LogP contribution in [-0.2, 0) is 9.47 Å². The van der Waals surface area contributed by atoms with Crippen LogP contribution in [0.2, 0.25) is 0 Å². The van der Waals surface area contributed by atoms with Gasteiger partial charge in [-0.15, -0.1) is 0 Å². The minimum Gasteiger partial charge on any atom is -0.493 e. The summed E-state index contributed by atoms with van der Waals surface area (Å²) in [5, 5.41) is 2.02. The highest BCUT2D eigenvalue weighted by Gasteiger charge is 2.55. The molecule has 0 spiro atoms. The smallest absolute Gasteiger partial charge is 0.163 e. The highest BCUT2D eigenvalue weighted by Crippen LogP contribution is 2.48. The number of aromatic nitrogens is 4. The molecule has 3 aromatic heterocycles. The van der Waals surface area contributed by atoms with Crippen LogP contribution in [-0.4, -0.2) is 44.1 Å². The van der Waals surface area contributed by atoms with Crippen LogP contribution in [0.1, 0.15) is 50.6 Å². The topological polar surface area (TPSA) is 97.3 Å². The van der Waals surface area contributed by atoms with E-state index in [9.17, 15) is 0 Å². The fraction of sp³-hybridized carbons (Fsp3) is 0.444. The zero-order chi connectivity index (χ0) is 23.7. The van der Waals surface area contributed by atoms with E-state index in [0.29, 0.717) is 18.3 Å². The lowest BCUT2D eigenvalue weighted by atomic mass is 10.1. The van der Waals surface area contributed by atoms with Gasteiger partial charge in [0.2, 0.25) is 0 Å². The van der Waals surface area contributed by atoms with Crippen LogP contribution in [0.15, 0.2) is 49.1 Å². The van der Waals surface area contributed by atoms with Crippen LogP contribution in [0.4, 0.5) is 5.82 Å². The molecule has 180 valence electrons. The van der Waals surface area contributed by atoms with Crippen LogP contribution in [0.25, 0.3) is 21.9 Å². The Morgan fingerprint density at radius 2 is 1.94 bits per heavy atom. The van der Waals surface area contributed by atoms with Gasteiger partial charge < -0.3 is 24.5 Å². The maximum Gasteiger partial charge on any atom is 0.163 e. The van der Waals surface area contributed by atoms with Crippen molar-refractivity contribution in [2.24, 2.45) is 5.92 Å². The first-order valence-corrected chi connectivity index (χ1v) is 12.4. The molecule has 3 fully saturated rings. The summed E-state index contributed by atoms with van der Waals surface area (Å²) < 4.78 is 21.2. The molecule has 4 aromatic rings. The molecule has 1 saturated heterocycles. The zero-order valence-electron chi connectivity index (χ0n) is 19.9. The first-order valence-electron chi connectivity index (χ1n) is 12.4. The van der Waals surface area contributed by atoms with E-state index in [4.69, 9.17) is 19.9 Å². The van der Waals surface area contributed by atoms with E-state index < -0.39 is 5.79 Å². The minimum atomic E-state index is -0.643. The van der Waals surface area contributed by atoms with Crippen molar-refractivity contribution in [3.05, 3.63) is 54.6 Å². The molecule has 2 aliphatic carbocycles. The third-order valence-electron chi connectivity index (χ3n) is 7.64. The van der Waals surface area contributed by atoms with Gasteiger partial charge in [0.1, 0.15) is 29.6 Å². The first-order chi connectivity index (χ1) is 16.9. The zero-order valence-corrected chi connectivity index (χ0v) is 19.9. The van der Waals surface area contributed by atoms with Crippen molar-refractivity contribution in [2.45, 2.75) is 63.1 Å². The predicted octanol–water partition coefficient (Wildman–Crippen LogP) is 4.60. The van der Waals surface area contributed by atoms with Gasteiger partial charge in [0.15, 0.2) is 5.79 Å². The molecule has 1 aromatic carbocycles. The molecule has 4 atom stereocenters. The normalized spacial score (nSPS) is 27.5. The van der Waals surface area contributed by atoms with Crippen LogP contribution < -0.4 is 10.5 Å². The summed E-state index contributed by atoms with van der Waals surface area (Å²) in [7, 11) is 0. The molecule has 0 bridgehead atoms. The fourth-order valence-electron chi connectivity index (χ4n) is 5.80. The second-order valence-corrected chi connectivity index (χ2v) is 10.6. The number of benzene rings is 1. The third-order valence-corrected chi connectivity index (χ3v) is 7.64. The minimum absolute atomic E-state index is 0.0636. The number of hydrogen-bond donors (Lipinski definition) is 1. The molecule has 2 N–H and O–H groups in total. The van der Waals surface area contributed by atoms with E-state index in [1.807, 2.05) is 44.4 Å². The Morgan fingerprint density at radius 3 is 2.80 bits per heavy atom. The molecule has 8 heteroatoms. The molecule has 3 aliphatic rings. The lowest BCUT2D eigenvalue weighted by molar-refractivity contribution is -0.161. The fourth-order valence-corrected chi connectivity index (χ4v) is 5.80. The van der Waals surface area contributed by atoms with Crippen molar-refractivity contribution in [2.75, 3.05) is 12.3 Å². The summed E-state index contributed by atoms with van der Waals surface area (Å²) in [6.45, 7) is 4.48. The standard InChI is InChI=1S/C27H29N5O3/c1-27(2)34-23-18(10-22(24(23)35-27)32-8-7-20-25(28)30-14-31-26(20)32)13-33-19-6-5-16-9-17(15-3-4-15)12-29-21(16)11-19/h5-9,11-12,14-15,18,22-24H,3-4,10,13H2,1-2H3,(H2,28,30,31)/t18-,22-,23-,24+/m1/s1. The summed E-state index contributed by atoms with van der Waals surface area (Å²) in [6, 6.07) is 10.5. The maximum absolute atomic E-state index is 6.38. The molecular weight excluding hydrogens is 442 g/mol. The van der Waals surface area contributed by atoms with E-state index in [-0.39, 0.29) is 24.2 Å². The Morgan fingerprint density at radius 1 is 1.09 bits per heavy atom. The van der Waals surface area contributed by atoms with E-state index in [2.05, 4.69) is 31.7 Å². The van der Waals surface area contributed by atoms with Crippen molar-refractivity contribution in [1.29, 1.82) is 0 Å². The average molecular weight is 472 g/mol. The lowest BCUT2D eigenvalue weighted by Crippen LogP contribution is -2.29. The largest absolute Gasteiger partial charge is 0.493 e. The van der Waals surface area contributed by atoms with Gasteiger partial charge in [0.25, 0.3) is 0 Å². The van der Waals surface area contributed by atoms with Crippen molar-refractivity contribution in [1.82, 2.24) is 19.5 Å². The van der Waals surface area contributed by atoms with Gasteiger partial charge in [-0.2, -0.15) is 0 Å². The number of hydrogen-bond acceptors (Lipinski definition) is 7. The monoisotopic (exact) mass is 471 g/mol. The lowest BCUT2D eigenvalue weighted by Gasteiger charge is -2.24. The highest BCUT2D eigenvalue weighted by molar-refractivity contribution is 5.86. The Hall–Kier alpha value is -3.23. The first kappa shape index (κ1) is 21.1. The third kappa shape index (κ3) is 3.63. The molecule has 4 heterocycles. The van der Waals surface area contributed by atoms with E-state index >= 15 is 0 Å². The predicted molar refractivity (Wildman–Crippen MR) is 132 cm³/mol. The molecule has 8 nitrogen and oxygen atoms in total. The summed E-state index contributed by atoms with van der Waals surface area (Å²) in [5.41, 5.74) is 9.21. The Labute approximate surface area is 203 Å². The van der Waals surface area contributed by atoms with Crippen LogP contribution >= 0.6 is 0 Å². The molecular formula is C27H29N5O3. The van der Waals surface area contributed by atoms with E-state index in [1.54, 1.807) is 0 Å². The van der Waals surface area contributed by atoms with Gasteiger partial charge in [-0.1, -0.05) is 0 Å².